The molecule has 0 saturated heterocycles. The minimum atomic E-state index is -0.131. The Kier molecular flexibility index (Phi) is 4.51. The lowest BCUT2D eigenvalue weighted by atomic mass is 10.1. The van der Waals surface area contributed by atoms with Crippen molar-refractivity contribution in [1.29, 1.82) is 0 Å². The first-order valence-electron chi connectivity index (χ1n) is 7.94. The minimum absolute atomic E-state index is 0.00954. The third kappa shape index (κ3) is 3.40. The molecule has 2 aromatic carbocycles. The molecule has 0 saturated carbocycles. The molecule has 1 aliphatic rings. The van der Waals surface area contributed by atoms with Crippen molar-refractivity contribution in [2.75, 3.05) is 23.4 Å². The van der Waals surface area contributed by atoms with Crippen LogP contribution in [0.4, 0.5) is 11.4 Å². The largest absolute Gasteiger partial charge is 0.482 e. The fourth-order valence-corrected chi connectivity index (χ4v) is 2.70. The zero-order valence-electron chi connectivity index (χ0n) is 13.8. The van der Waals surface area contributed by atoms with Crippen molar-refractivity contribution in [3.63, 3.8) is 0 Å². The highest BCUT2D eigenvalue weighted by molar-refractivity contribution is 5.99. The van der Waals surface area contributed by atoms with Crippen LogP contribution < -0.4 is 15.0 Å². The number of fused-ring (bicyclic) bond motifs is 1. The van der Waals surface area contributed by atoms with E-state index in [9.17, 15) is 9.59 Å². The maximum Gasteiger partial charge on any atom is 0.265 e. The molecule has 0 bridgehead atoms. The number of carbonyl (C=O) groups is 2. The monoisotopic (exact) mass is 324 g/mol. The van der Waals surface area contributed by atoms with Gasteiger partial charge in [-0.05, 0) is 43.2 Å². The second kappa shape index (κ2) is 6.74. The van der Waals surface area contributed by atoms with Gasteiger partial charge in [0.05, 0.1) is 5.69 Å². The van der Waals surface area contributed by atoms with E-state index in [4.69, 9.17) is 4.74 Å². The Morgan fingerprint density at radius 2 is 2.00 bits per heavy atom. The fraction of sp³-hybridized carbons (Fsp3) is 0.263. The van der Waals surface area contributed by atoms with E-state index in [0.717, 1.165) is 16.8 Å². The van der Waals surface area contributed by atoms with Gasteiger partial charge in [0.1, 0.15) is 5.75 Å². The predicted octanol–water partition coefficient (Wildman–Crippen LogP) is 3.06. The predicted molar refractivity (Wildman–Crippen MR) is 93.5 cm³/mol. The summed E-state index contributed by atoms with van der Waals surface area (Å²) in [6, 6.07) is 13.3. The van der Waals surface area contributed by atoms with Gasteiger partial charge in [-0.1, -0.05) is 24.3 Å². The molecular formula is C19H20N2O3. The summed E-state index contributed by atoms with van der Waals surface area (Å²) in [5, 5.41) is 2.92. The van der Waals surface area contributed by atoms with Crippen molar-refractivity contribution in [2.45, 2.75) is 20.3 Å². The molecule has 1 N–H and O–H groups in total. The average molecular weight is 324 g/mol. The second-order valence-electron chi connectivity index (χ2n) is 5.92. The van der Waals surface area contributed by atoms with Crippen LogP contribution in [0.25, 0.3) is 0 Å². The normalized spacial score (nSPS) is 13.2. The van der Waals surface area contributed by atoms with Gasteiger partial charge in [-0.25, -0.2) is 0 Å². The highest BCUT2D eigenvalue weighted by Crippen LogP contribution is 2.31. The molecule has 5 heteroatoms. The molecule has 5 nitrogen and oxygen atoms in total. The molecule has 0 fully saturated rings. The summed E-state index contributed by atoms with van der Waals surface area (Å²) in [6.45, 7) is 4.28. The summed E-state index contributed by atoms with van der Waals surface area (Å²) >= 11 is 0. The second-order valence-corrected chi connectivity index (χ2v) is 5.92. The average Bonchev–Trinajstić information content (AvgIpc) is 2.57. The van der Waals surface area contributed by atoms with Crippen molar-refractivity contribution in [1.82, 2.24) is 0 Å². The number of nitrogens with zero attached hydrogens (tertiary/aromatic N) is 1. The molecule has 24 heavy (non-hydrogen) atoms. The molecule has 3 rings (SSSR count). The van der Waals surface area contributed by atoms with Crippen LogP contribution in [0.15, 0.2) is 42.5 Å². The third-order valence-electron chi connectivity index (χ3n) is 4.04. The van der Waals surface area contributed by atoms with Crippen LogP contribution in [-0.2, 0) is 9.59 Å². The molecular weight excluding hydrogens is 304 g/mol. The van der Waals surface area contributed by atoms with Crippen LogP contribution in [-0.4, -0.2) is 25.0 Å². The number of anilines is 2. The molecule has 124 valence electrons. The number of aryl methyl sites for hydroxylation is 2. The van der Waals surface area contributed by atoms with Gasteiger partial charge >= 0.3 is 0 Å². The minimum Gasteiger partial charge on any atom is -0.482 e. The summed E-state index contributed by atoms with van der Waals surface area (Å²) < 4.78 is 5.41. The number of amides is 2. The highest BCUT2D eigenvalue weighted by Gasteiger charge is 2.25. The molecule has 2 aromatic rings. The molecule has 1 aliphatic heterocycles. The Bertz CT molecular complexity index is 786. The van der Waals surface area contributed by atoms with Crippen molar-refractivity contribution in [3.8, 4) is 5.75 Å². The van der Waals surface area contributed by atoms with E-state index in [2.05, 4.69) is 5.32 Å². The van der Waals surface area contributed by atoms with E-state index in [1.807, 2.05) is 56.3 Å². The molecule has 0 aromatic heterocycles. The lowest BCUT2D eigenvalue weighted by molar-refractivity contribution is -0.121. The van der Waals surface area contributed by atoms with Crippen LogP contribution >= 0.6 is 0 Å². The summed E-state index contributed by atoms with van der Waals surface area (Å²) in [5.74, 6) is 0.431. The van der Waals surface area contributed by atoms with Crippen LogP contribution in [0.1, 0.15) is 17.5 Å². The van der Waals surface area contributed by atoms with E-state index in [-0.39, 0.29) is 24.8 Å². The molecule has 0 aliphatic carbocycles. The van der Waals surface area contributed by atoms with Crippen LogP contribution in [0.2, 0.25) is 0 Å². The topological polar surface area (TPSA) is 58.6 Å². The standard InChI is InChI=1S/C19H20N2O3/c1-13-7-8-14(2)15(11-13)20-18(22)9-10-21-16-5-3-4-6-17(16)24-12-19(21)23/h3-8,11H,9-10,12H2,1-2H3,(H,20,22). The van der Waals surface area contributed by atoms with Crippen LogP contribution in [0.3, 0.4) is 0 Å². The van der Waals surface area contributed by atoms with Crippen LogP contribution in [0, 0.1) is 13.8 Å². The lowest BCUT2D eigenvalue weighted by Gasteiger charge is -2.29. The van der Waals surface area contributed by atoms with E-state index in [1.165, 1.54) is 0 Å². The van der Waals surface area contributed by atoms with Gasteiger partial charge in [0, 0.05) is 18.7 Å². The van der Waals surface area contributed by atoms with Gasteiger partial charge in [0.15, 0.2) is 6.61 Å². The number of hydrogen-bond donors (Lipinski definition) is 1. The van der Waals surface area contributed by atoms with Gasteiger partial charge in [-0.3, -0.25) is 9.59 Å². The Labute approximate surface area is 141 Å². The number of nitrogens with one attached hydrogen (secondary N) is 1. The maximum absolute atomic E-state index is 12.3. The Morgan fingerprint density at radius 1 is 1.21 bits per heavy atom. The van der Waals surface area contributed by atoms with Crippen molar-refractivity contribution in [2.24, 2.45) is 0 Å². The van der Waals surface area contributed by atoms with Crippen molar-refractivity contribution < 1.29 is 14.3 Å². The quantitative estimate of drug-likeness (QED) is 0.940. The van der Waals surface area contributed by atoms with E-state index < -0.39 is 0 Å². The van der Waals surface area contributed by atoms with Crippen LogP contribution in [0.5, 0.6) is 5.75 Å². The maximum atomic E-state index is 12.3. The summed E-state index contributed by atoms with van der Waals surface area (Å²) in [5.41, 5.74) is 3.64. The van der Waals surface area contributed by atoms with E-state index in [1.54, 1.807) is 4.90 Å². The van der Waals surface area contributed by atoms with Gasteiger partial charge < -0.3 is 15.0 Å². The Morgan fingerprint density at radius 3 is 2.83 bits per heavy atom. The number of ether oxygens (including phenoxy) is 1. The number of rotatable bonds is 4. The first-order valence-corrected chi connectivity index (χ1v) is 7.94. The van der Waals surface area contributed by atoms with Gasteiger partial charge in [0.2, 0.25) is 5.91 Å². The zero-order chi connectivity index (χ0) is 17.1. The summed E-state index contributed by atoms with van der Waals surface area (Å²) in [6.07, 6.45) is 0.230. The summed E-state index contributed by atoms with van der Waals surface area (Å²) in [7, 11) is 0. The first-order chi connectivity index (χ1) is 11.5. The zero-order valence-corrected chi connectivity index (χ0v) is 13.8. The van der Waals surface area contributed by atoms with E-state index in [0.29, 0.717) is 18.0 Å². The summed E-state index contributed by atoms with van der Waals surface area (Å²) in [4.78, 5) is 26.0. The third-order valence-corrected chi connectivity index (χ3v) is 4.04. The van der Waals surface area contributed by atoms with Gasteiger partial charge in [-0.2, -0.15) is 0 Å². The molecule has 0 unspecified atom stereocenters. The molecule has 0 atom stereocenters. The Balaban J connectivity index is 1.66. The highest BCUT2D eigenvalue weighted by atomic mass is 16.5. The molecule has 1 heterocycles. The lowest BCUT2D eigenvalue weighted by Crippen LogP contribution is -2.40. The number of carbonyl (C=O) groups excluding carboxylic acids is 2. The SMILES string of the molecule is Cc1ccc(C)c(NC(=O)CCN2C(=O)COc3ccccc32)c1. The number of hydrogen-bond acceptors (Lipinski definition) is 3. The first kappa shape index (κ1) is 16.1. The molecule has 0 radical (unpaired) electrons. The molecule has 2 amide bonds. The number of para-hydroxylation sites is 2. The van der Waals surface area contributed by atoms with Crippen molar-refractivity contribution in [3.05, 3.63) is 53.6 Å². The fourth-order valence-electron chi connectivity index (χ4n) is 2.70. The van der Waals surface area contributed by atoms with Crippen molar-refractivity contribution >= 4 is 23.2 Å². The van der Waals surface area contributed by atoms with Gasteiger partial charge in [-0.15, -0.1) is 0 Å². The molecule has 0 spiro atoms. The van der Waals surface area contributed by atoms with E-state index >= 15 is 0 Å². The smallest absolute Gasteiger partial charge is 0.265 e. The number of benzene rings is 2. The Hall–Kier alpha value is -2.82. The van der Waals surface area contributed by atoms with Gasteiger partial charge in [0.25, 0.3) is 5.91 Å².